The highest BCUT2D eigenvalue weighted by Crippen LogP contribution is 2.63. The van der Waals surface area contributed by atoms with Crippen molar-refractivity contribution in [2.24, 2.45) is 22.7 Å². The van der Waals surface area contributed by atoms with E-state index < -0.39 is 5.79 Å². The fraction of sp³-hybridized carbons (Fsp3) is 1.00. The lowest BCUT2D eigenvalue weighted by Crippen LogP contribution is -2.56. The molecular weight excluding hydrogens is 288 g/mol. The standard InChI is InChI=1S/C20H36O3/c1-18(2)22-14-12-20(4)16-9-5-7-15(8-6-13-21)19(16,3)11-10-17(20)23-18/h15-17,21H,5-14H2,1-4H3/t15-,16-,17+,19-,20+/m0/s1. The Morgan fingerprint density at radius 1 is 1.00 bits per heavy atom. The summed E-state index contributed by atoms with van der Waals surface area (Å²) >= 11 is 0. The van der Waals surface area contributed by atoms with E-state index in [4.69, 9.17) is 9.47 Å². The van der Waals surface area contributed by atoms with Gasteiger partial charge in [0.2, 0.25) is 0 Å². The summed E-state index contributed by atoms with van der Waals surface area (Å²) in [5.74, 6) is 1.05. The zero-order chi connectivity index (χ0) is 16.7. The summed E-state index contributed by atoms with van der Waals surface area (Å²) in [6.45, 7) is 10.3. The van der Waals surface area contributed by atoms with Crippen molar-refractivity contribution in [1.29, 1.82) is 0 Å². The van der Waals surface area contributed by atoms with E-state index >= 15 is 0 Å². The van der Waals surface area contributed by atoms with Gasteiger partial charge in [0, 0.05) is 6.61 Å². The molecule has 2 aliphatic carbocycles. The first-order valence-electron chi connectivity index (χ1n) is 9.74. The Kier molecular flexibility index (Phi) is 4.85. The average molecular weight is 325 g/mol. The van der Waals surface area contributed by atoms with Crippen LogP contribution in [0.15, 0.2) is 0 Å². The van der Waals surface area contributed by atoms with E-state index in [2.05, 4.69) is 27.7 Å². The van der Waals surface area contributed by atoms with Gasteiger partial charge in [0.1, 0.15) is 0 Å². The maximum absolute atomic E-state index is 9.27. The molecule has 1 heterocycles. The van der Waals surface area contributed by atoms with Gasteiger partial charge < -0.3 is 14.6 Å². The van der Waals surface area contributed by atoms with Crippen LogP contribution in [0.2, 0.25) is 0 Å². The van der Waals surface area contributed by atoms with Gasteiger partial charge in [0.15, 0.2) is 5.79 Å². The van der Waals surface area contributed by atoms with Gasteiger partial charge in [-0.25, -0.2) is 0 Å². The highest BCUT2D eigenvalue weighted by atomic mass is 16.7. The predicted octanol–water partition coefficient (Wildman–Crippen LogP) is 4.52. The topological polar surface area (TPSA) is 38.7 Å². The second kappa shape index (κ2) is 6.31. The Morgan fingerprint density at radius 3 is 2.52 bits per heavy atom. The molecule has 3 rings (SSSR count). The maximum Gasteiger partial charge on any atom is 0.163 e. The zero-order valence-electron chi connectivity index (χ0n) is 15.6. The van der Waals surface area contributed by atoms with Crippen molar-refractivity contribution < 1.29 is 14.6 Å². The highest BCUT2D eigenvalue weighted by molar-refractivity contribution is 5.07. The van der Waals surface area contributed by atoms with Crippen LogP contribution in [0.25, 0.3) is 0 Å². The van der Waals surface area contributed by atoms with Gasteiger partial charge in [0.05, 0.1) is 12.7 Å². The van der Waals surface area contributed by atoms with E-state index in [1.54, 1.807) is 0 Å². The van der Waals surface area contributed by atoms with Crippen molar-refractivity contribution in [3.8, 4) is 0 Å². The van der Waals surface area contributed by atoms with Crippen LogP contribution in [0, 0.1) is 22.7 Å². The monoisotopic (exact) mass is 324 g/mol. The number of hydrogen-bond donors (Lipinski definition) is 1. The molecule has 0 unspecified atom stereocenters. The van der Waals surface area contributed by atoms with Gasteiger partial charge in [-0.15, -0.1) is 0 Å². The molecule has 134 valence electrons. The third-order valence-electron chi connectivity index (χ3n) is 7.48. The Bertz CT molecular complexity index is 421. The van der Waals surface area contributed by atoms with E-state index in [-0.39, 0.29) is 5.41 Å². The molecule has 2 saturated carbocycles. The summed E-state index contributed by atoms with van der Waals surface area (Å²) in [7, 11) is 0. The van der Waals surface area contributed by atoms with Crippen LogP contribution < -0.4 is 0 Å². The van der Waals surface area contributed by atoms with Gasteiger partial charge in [-0.2, -0.15) is 0 Å². The second-order valence-corrected chi connectivity index (χ2v) is 9.20. The smallest absolute Gasteiger partial charge is 0.163 e. The quantitative estimate of drug-likeness (QED) is 0.829. The zero-order valence-corrected chi connectivity index (χ0v) is 15.6. The van der Waals surface area contributed by atoms with Crippen LogP contribution in [-0.4, -0.2) is 30.2 Å². The number of hydrogen-bond acceptors (Lipinski definition) is 3. The lowest BCUT2D eigenvalue weighted by molar-refractivity contribution is -0.254. The first-order chi connectivity index (χ1) is 10.8. The minimum Gasteiger partial charge on any atom is -0.396 e. The third-order valence-corrected chi connectivity index (χ3v) is 7.48. The molecule has 5 atom stereocenters. The molecule has 3 aliphatic rings. The van der Waals surface area contributed by atoms with Crippen molar-refractivity contribution >= 4 is 0 Å². The number of aliphatic hydroxyl groups excluding tert-OH is 1. The van der Waals surface area contributed by atoms with Gasteiger partial charge in [-0.3, -0.25) is 0 Å². The van der Waals surface area contributed by atoms with Crippen molar-refractivity contribution in [2.75, 3.05) is 13.2 Å². The van der Waals surface area contributed by atoms with E-state index in [1.807, 2.05) is 0 Å². The molecule has 1 N–H and O–H groups in total. The molecular formula is C20H36O3. The lowest BCUT2D eigenvalue weighted by atomic mass is 9.46. The minimum atomic E-state index is -0.443. The van der Waals surface area contributed by atoms with Crippen molar-refractivity contribution in [3.63, 3.8) is 0 Å². The minimum absolute atomic E-state index is 0.235. The van der Waals surface area contributed by atoms with E-state index in [1.165, 1.54) is 32.1 Å². The van der Waals surface area contributed by atoms with Crippen molar-refractivity contribution in [1.82, 2.24) is 0 Å². The molecule has 3 heteroatoms. The van der Waals surface area contributed by atoms with Crippen LogP contribution in [0.3, 0.4) is 0 Å². The van der Waals surface area contributed by atoms with Gasteiger partial charge in [-0.05, 0) is 81.5 Å². The van der Waals surface area contributed by atoms with E-state index in [9.17, 15) is 5.11 Å². The second-order valence-electron chi connectivity index (χ2n) is 9.20. The maximum atomic E-state index is 9.27. The Morgan fingerprint density at radius 2 is 1.78 bits per heavy atom. The summed E-state index contributed by atoms with van der Waals surface area (Å²) in [4.78, 5) is 0. The Hall–Kier alpha value is -0.120. The number of ether oxygens (including phenoxy) is 2. The van der Waals surface area contributed by atoms with E-state index in [0.717, 1.165) is 37.7 Å². The van der Waals surface area contributed by atoms with Crippen molar-refractivity contribution in [3.05, 3.63) is 0 Å². The lowest BCUT2D eigenvalue weighted by Gasteiger charge is -2.60. The Balaban J connectivity index is 1.86. The molecule has 3 nitrogen and oxygen atoms in total. The molecule has 0 radical (unpaired) electrons. The molecule has 0 aromatic carbocycles. The first-order valence-corrected chi connectivity index (χ1v) is 9.74. The SMILES string of the molecule is CC1(C)OCC[C@]2(C)[C@H]3CCC[C@@H](CCCO)[C@]3(C)CC[C@H]2O1. The third kappa shape index (κ3) is 3.09. The average Bonchev–Trinajstić information content (AvgIpc) is 2.60. The molecule has 0 amide bonds. The number of fused-ring (bicyclic) bond motifs is 3. The van der Waals surface area contributed by atoms with Gasteiger partial charge in [-0.1, -0.05) is 20.3 Å². The van der Waals surface area contributed by atoms with Crippen LogP contribution >= 0.6 is 0 Å². The van der Waals surface area contributed by atoms with Crippen molar-refractivity contribution in [2.45, 2.75) is 91.0 Å². The molecule has 1 saturated heterocycles. The highest BCUT2D eigenvalue weighted by Gasteiger charge is 2.58. The largest absolute Gasteiger partial charge is 0.396 e. The summed E-state index contributed by atoms with van der Waals surface area (Å²) in [6.07, 6.45) is 10.0. The van der Waals surface area contributed by atoms with Crippen LogP contribution in [0.1, 0.15) is 79.1 Å². The molecule has 0 bridgehead atoms. The fourth-order valence-electron chi connectivity index (χ4n) is 6.20. The Labute approximate surface area is 142 Å². The predicted molar refractivity (Wildman–Crippen MR) is 92.1 cm³/mol. The summed E-state index contributed by atoms with van der Waals surface area (Å²) in [5, 5.41) is 9.27. The summed E-state index contributed by atoms with van der Waals surface area (Å²) in [5.41, 5.74) is 0.648. The molecule has 0 spiro atoms. The normalized spacial score (nSPS) is 46.6. The van der Waals surface area contributed by atoms with Gasteiger partial charge in [0.25, 0.3) is 0 Å². The van der Waals surface area contributed by atoms with E-state index in [0.29, 0.717) is 18.1 Å². The molecule has 0 aromatic heterocycles. The van der Waals surface area contributed by atoms with Crippen LogP contribution in [0.4, 0.5) is 0 Å². The summed E-state index contributed by atoms with van der Waals surface area (Å²) in [6, 6.07) is 0. The molecule has 3 fully saturated rings. The molecule has 23 heavy (non-hydrogen) atoms. The summed E-state index contributed by atoms with van der Waals surface area (Å²) < 4.78 is 12.5. The van der Waals surface area contributed by atoms with Crippen LogP contribution in [-0.2, 0) is 9.47 Å². The number of aliphatic hydroxyl groups is 1. The fourth-order valence-corrected chi connectivity index (χ4v) is 6.20. The van der Waals surface area contributed by atoms with Gasteiger partial charge >= 0.3 is 0 Å². The first kappa shape index (κ1) is 17.7. The molecule has 1 aliphatic heterocycles. The number of rotatable bonds is 3. The molecule has 0 aromatic rings. The van der Waals surface area contributed by atoms with Crippen LogP contribution in [0.5, 0.6) is 0 Å².